The first-order valence-electron chi connectivity index (χ1n) is 7.97. The molecule has 124 valence electrons. The van der Waals surface area contributed by atoms with Crippen molar-refractivity contribution in [3.63, 3.8) is 0 Å². The van der Waals surface area contributed by atoms with Crippen LogP contribution in [0.3, 0.4) is 0 Å². The summed E-state index contributed by atoms with van der Waals surface area (Å²) in [6.45, 7) is 0.630. The summed E-state index contributed by atoms with van der Waals surface area (Å²) in [5.74, 6) is -0.159. The third-order valence-electron chi connectivity index (χ3n) is 3.82. The normalized spacial score (nSPS) is 10.8. The fourth-order valence-electron chi connectivity index (χ4n) is 2.54. The van der Waals surface area contributed by atoms with Crippen molar-refractivity contribution in [2.75, 3.05) is 6.54 Å². The topological polar surface area (TPSA) is 64.0 Å². The van der Waals surface area contributed by atoms with Crippen LogP contribution in [0.5, 0.6) is 0 Å². The van der Waals surface area contributed by atoms with Crippen molar-refractivity contribution in [3.05, 3.63) is 64.0 Å². The average molecular weight is 341 g/mol. The van der Waals surface area contributed by atoms with Gasteiger partial charge in [0.2, 0.25) is 5.91 Å². The van der Waals surface area contributed by atoms with Crippen LogP contribution in [-0.4, -0.2) is 22.0 Å². The van der Waals surface area contributed by atoms with Gasteiger partial charge in [-0.05, 0) is 36.3 Å². The molecule has 6 heteroatoms. The first-order chi connectivity index (χ1) is 11.7. The van der Waals surface area contributed by atoms with Crippen LogP contribution in [0.25, 0.3) is 10.2 Å². The molecule has 0 aliphatic rings. The Kier molecular flexibility index (Phi) is 5.38. The van der Waals surface area contributed by atoms with Gasteiger partial charge in [-0.2, -0.15) is 0 Å². The van der Waals surface area contributed by atoms with Gasteiger partial charge >= 0.3 is 0 Å². The SMILES string of the molecule is O=C(Cn1cnc2sccc2c1=O)NCCCCc1ccccc1. The number of nitrogens with one attached hydrogen (secondary N) is 1. The number of carbonyl (C=O) groups is 1. The minimum Gasteiger partial charge on any atom is -0.355 e. The van der Waals surface area contributed by atoms with Crippen LogP contribution in [-0.2, 0) is 17.8 Å². The number of nitrogens with zero attached hydrogens (tertiary/aromatic N) is 2. The zero-order valence-electron chi connectivity index (χ0n) is 13.3. The summed E-state index contributed by atoms with van der Waals surface area (Å²) in [7, 11) is 0. The summed E-state index contributed by atoms with van der Waals surface area (Å²) in [6.07, 6.45) is 4.38. The summed E-state index contributed by atoms with van der Waals surface area (Å²) < 4.78 is 1.36. The molecule has 2 aromatic heterocycles. The van der Waals surface area contributed by atoms with Gasteiger partial charge in [0.05, 0.1) is 11.7 Å². The largest absolute Gasteiger partial charge is 0.355 e. The Morgan fingerprint density at radius 1 is 1.17 bits per heavy atom. The van der Waals surface area contributed by atoms with Crippen molar-refractivity contribution < 1.29 is 4.79 Å². The number of fused-ring (bicyclic) bond motifs is 1. The summed E-state index contributed by atoms with van der Waals surface area (Å²) >= 11 is 1.42. The Morgan fingerprint density at radius 2 is 2.00 bits per heavy atom. The highest BCUT2D eigenvalue weighted by Crippen LogP contribution is 2.13. The van der Waals surface area contributed by atoms with Crippen LogP contribution in [0.4, 0.5) is 0 Å². The van der Waals surface area contributed by atoms with Gasteiger partial charge in [0, 0.05) is 6.54 Å². The van der Waals surface area contributed by atoms with Crippen molar-refractivity contribution in [3.8, 4) is 0 Å². The summed E-state index contributed by atoms with van der Waals surface area (Å²) in [5.41, 5.74) is 1.14. The zero-order valence-corrected chi connectivity index (χ0v) is 14.1. The summed E-state index contributed by atoms with van der Waals surface area (Å²) in [4.78, 5) is 29.1. The maximum Gasteiger partial charge on any atom is 0.262 e. The quantitative estimate of drug-likeness (QED) is 0.672. The number of aromatic nitrogens is 2. The van der Waals surface area contributed by atoms with Gasteiger partial charge in [-0.3, -0.25) is 14.2 Å². The Bertz CT molecular complexity index is 871. The molecule has 1 N–H and O–H groups in total. The molecule has 0 fully saturated rings. The van der Waals surface area contributed by atoms with Crippen molar-refractivity contribution in [1.82, 2.24) is 14.9 Å². The van der Waals surface area contributed by atoms with E-state index in [9.17, 15) is 9.59 Å². The van der Waals surface area contributed by atoms with E-state index in [0.29, 0.717) is 16.8 Å². The molecule has 0 radical (unpaired) electrons. The lowest BCUT2D eigenvalue weighted by Crippen LogP contribution is -2.32. The van der Waals surface area contributed by atoms with Gasteiger partial charge in [0.1, 0.15) is 11.4 Å². The highest BCUT2D eigenvalue weighted by Gasteiger charge is 2.08. The van der Waals surface area contributed by atoms with Gasteiger partial charge in [-0.25, -0.2) is 4.98 Å². The molecule has 5 nitrogen and oxygen atoms in total. The maximum absolute atomic E-state index is 12.2. The van der Waals surface area contributed by atoms with Crippen LogP contribution in [0, 0.1) is 0 Å². The first kappa shape index (κ1) is 16.4. The van der Waals surface area contributed by atoms with E-state index in [4.69, 9.17) is 0 Å². The summed E-state index contributed by atoms with van der Waals surface area (Å²) in [6, 6.07) is 12.0. The predicted octanol–water partition coefficient (Wildman–Crippen LogP) is 2.60. The van der Waals surface area contributed by atoms with Gasteiger partial charge in [-0.15, -0.1) is 11.3 Å². The number of carbonyl (C=O) groups excluding carboxylic acids is 1. The van der Waals surface area contributed by atoms with E-state index in [1.165, 1.54) is 27.8 Å². The van der Waals surface area contributed by atoms with Crippen LogP contribution in [0.2, 0.25) is 0 Å². The molecule has 0 saturated carbocycles. The second-order valence-corrected chi connectivity index (χ2v) is 6.50. The minimum absolute atomic E-state index is 0.0102. The third-order valence-corrected chi connectivity index (χ3v) is 4.64. The molecule has 1 amide bonds. The van der Waals surface area contributed by atoms with Crippen molar-refractivity contribution >= 4 is 27.5 Å². The van der Waals surface area contributed by atoms with E-state index >= 15 is 0 Å². The predicted molar refractivity (Wildman–Crippen MR) is 96.3 cm³/mol. The van der Waals surface area contributed by atoms with Gasteiger partial charge in [-0.1, -0.05) is 30.3 Å². The number of thiophene rings is 1. The van der Waals surface area contributed by atoms with E-state index in [-0.39, 0.29) is 18.0 Å². The van der Waals surface area contributed by atoms with Crippen molar-refractivity contribution in [1.29, 1.82) is 0 Å². The number of benzene rings is 1. The zero-order chi connectivity index (χ0) is 16.8. The number of unbranched alkanes of at least 4 members (excludes halogenated alkanes) is 1. The Labute approximate surface area is 144 Å². The molecule has 2 heterocycles. The van der Waals surface area contributed by atoms with E-state index in [2.05, 4.69) is 22.4 Å². The lowest BCUT2D eigenvalue weighted by molar-refractivity contribution is -0.121. The van der Waals surface area contributed by atoms with Gasteiger partial charge < -0.3 is 5.32 Å². The van der Waals surface area contributed by atoms with Gasteiger partial charge in [0.15, 0.2) is 0 Å². The first-order valence-corrected chi connectivity index (χ1v) is 8.85. The lowest BCUT2D eigenvalue weighted by atomic mass is 10.1. The molecule has 0 unspecified atom stereocenters. The molecule has 0 saturated heterocycles. The maximum atomic E-state index is 12.2. The number of aryl methyl sites for hydroxylation is 1. The molecule has 0 aliphatic carbocycles. The average Bonchev–Trinajstić information content (AvgIpc) is 3.07. The third kappa shape index (κ3) is 4.08. The molecular weight excluding hydrogens is 322 g/mol. The second kappa shape index (κ2) is 7.88. The van der Waals surface area contributed by atoms with Crippen molar-refractivity contribution in [2.24, 2.45) is 0 Å². The van der Waals surface area contributed by atoms with Crippen LogP contribution < -0.4 is 10.9 Å². The minimum atomic E-state index is -0.166. The Hall–Kier alpha value is -2.47. The van der Waals surface area contributed by atoms with Gasteiger partial charge in [0.25, 0.3) is 5.56 Å². The molecule has 1 aromatic carbocycles. The molecule has 0 spiro atoms. The number of hydrogen-bond donors (Lipinski definition) is 1. The standard InChI is InChI=1S/C18H19N3O2S/c22-16(19-10-5-4-8-14-6-2-1-3-7-14)12-21-13-20-17-15(18(21)23)9-11-24-17/h1-3,6-7,9,11,13H,4-5,8,10,12H2,(H,19,22). The lowest BCUT2D eigenvalue weighted by Gasteiger charge is -2.07. The number of amides is 1. The fourth-order valence-corrected chi connectivity index (χ4v) is 3.27. The van der Waals surface area contributed by atoms with E-state index < -0.39 is 0 Å². The Balaban J connectivity index is 1.44. The van der Waals surface area contributed by atoms with E-state index in [1.807, 2.05) is 23.6 Å². The number of hydrogen-bond acceptors (Lipinski definition) is 4. The molecule has 3 rings (SSSR count). The summed E-state index contributed by atoms with van der Waals surface area (Å²) in [5, 5.41) is 5.26. The highest BCUT2D eigenvalue weighted by molar-refractivity contribution is 7.16. The molecule has 0 bridgehead atoms. The molecule has 0 aliphatic heterocycles. The smallest absolute Gasteiger partial charge is 0.262 e. The fraction of sp³-hybridized carbons (Fsp3) is 0.278. The monoisotopic (exact) mass is 341 g/mol. The van der Waals surface area contributed by atoms with E-state index in [0.717, 1.165) is 19.3 Å². The van der Waals surface area contributed by atoms with Crippen LogP contribution in [0.15, 0.2) is 52.9 Å². The number of rotatable bonds is 7. The van der Waals surface area contributed by atoms with E-state index in [1.54, 1.807) is 6.07 Å². The molecule has 3 aromatic rings. The Morgan fingerprint density at radius 3 is 2.83 bits per heavy atom. The van der Waals surface area contributed by atoms with Crippen LogP contribution in [0.1, 0.15) is 18.4 Å². The molecule has 24 heavy (non-hydrogen) atoms. The molecule has 0 atom stereocenters. The van der Waals surface area contributed by atoms with Crippen molar-refractivity contribution in [2.45, 2.75) is 25.8 Å². The second-order valence-electron chi connectivity index (χ2n) is 5.61. The highest BCUT2D eigenvalue weighted by atomic mass is 32.1. The van der Waals surface area contributed by atoms with Crippen LogP contribution >= 0.6 is 11.3 Å². The molecular formula is C18H19N3O2S.